The molecule has 0 atom stereocenters. The van der Waals surface area contributed by atoms with Crippen molar-refractivity contribution in [3.05, 3.63) is 35.8 Å². The van der Waals surface area contributed by atoms with Gasteiger partial charge < -0.3 is 5.73 Å². The largest absolute Gasteiger partial charge is 1.00 e. The number of halogens is 1. The molecule has 1 rings (SSSR count). The van der Waals surface area contributed by atoms with Crippen LogP contribution in [-0.2, 0) is 0 Å². The van der Waals surface area contributed by atoms with Crippen molar-refractivity contribution in [2.75, 3.05) is 0 Å². The van der Waals surface area contributed by atoms with Gasteiger partial charge in [-0.15, -0.1) is 5.69 Å². The van der Waals surface area contributed by atoms with E-state index in [4.69, 9.17) is 5.73 Å². The zero-order chi connectivity index (χ0) is 5.98. The molecule has 42 valence electrons. The maximum Gasteiger partial charge on any atom is 1.00 e. The zero-order valence-electron chi connectivity index (χ0n) is 5.19. The zero-order valence-corrected chi connectivity index (χ0v) is 5.19. The molecule has 0 aliphatic carbocycles. The van der Waals surface area contributed by atoms with Crippen LogP contribution in [0.3, 0.4) is 0 Å². The second kappa shape index (κ2) is 3.55. The van der Waals surface area contributed by atoms with E-state index in [1.54, 1.807) is 0 Å². The SMILES string of the molecule is [Li+].[NH-]c1ccc(F)cc1. The van der Waals surface area contributed by atoms with E-state index in [1.807, 2.05) is 0 Å². The molecule has 0 spiro atoms. The third-order valence-corrected chi connectivity index (χ3v) is 0.844. The number of hydrogen-bond donors (Lipinski definition) is 0. The van der Waals surface area contributed by atoms with Crippen molar-refractivity contribution in [3.8, 4) is 0 Å². The summed E-state index contributed by atoms with van der Waals surface area (Å²) in [6.07, 6.45) is 0. The summed E-state index contributed by atoms with van der Waals surface area (Å²) < 4.78 is 12.0. The van der Waals surface area contributed by atoms with Crippen molar-refractivity contribution < 1.29 is 23.3 Å². The smallest absolute Gasteiger partial charge is 0.699 e. The van der Waals surface area contributed by atoms with E-state index in [9.17, 15) is 4.39 Å². The van der Waals surface area contributed by atoms with Crippen LogP contribution >= 0.6 is 0 Å². The van der Waals surface area contributed by atoms with E-state index < -0.39 is 0 Å². The summed E-state index contributed by atoms with van der Waals surface area (Å²) in [5.41, 5.74) is 7.26. The van der Waals surface area contributed by atoms with Gasteiger partial charge in [-0.3, -0.25) is 0 Å². The molecule has 0 bridgehead atoms. The second-order valence-electron chi connectivity index (χ2n) is 1.51. The Morgan fingerprint density at radius 2 is 1.56 bits per heavy atom. The maximum absolute atomic E-state index is 12.0. The molecule has 0 heterocycles. The van der Waals surface area contributed by atoms with Crippen molar-refractivity contribution in [2.45, 2.75) is 0 Å². The molecule has 0 radical (unpaired) electrons. The topological polar surface area (TPSA) is 23.8 Å². The first-order valence-electron chi connectivity index (χ1n) is 2.26. The molecule has 0 saturated carbocycles. The molecule has 1 nitrogen and oxygen atoms in total. The van der Waals surface area contributed by atoms with Crippen molar-refractivity contribution in [3.63, 3.8) is 0 Å². The number of nitrogens with one attached hydrogen (secondary N) is 1. The summed E-state index contributed by atoms with van der Waals surface area (Å²) >= 11 is 0. The summed E-state index contributed by atoms with van der Waals surface area (Å²) in [5.74, 6) is -0.291. The molecule has 9 heavy (non-hydrogen) atoms. The van der Waals surface area contributed by atoms with Gasteiger partial charge in [0.15, 0.2) is 0 Å². The minimum atomic E-state index is -0.291. The minimum Gasteiger partial charge on any atom is -0.699 e. The molecule has 1 N–H and O–H groups in total. The van der Waals surface area contributed by atoms with Gasteiger partial charge >= 0.3 is 18.9 Å². The van der Waals surface area contributed by atoms with Crippen molar-refractivity contribution in [1.82, 2.24) is 0 Å². The first-order chi connectivity index (χ1) is 3.79. The fourth-order valence-electron chi connectivity index (χ4n) is 0.450. The van der Waals surface area contributed by atoms with Gasteiger partial charge in [0.25, 0.3) is 0 Å². The van der Waals surface area contributed by atoms with Crippen LogP contribution in [0.2, 0.25) is 0 Å². The van der Waals surface area contributed by atoms with Gasteiger partial charge in [0.2, 0.25) is 0 Å². The maximum atomic E-state index is 12.0. The number of benzene rings is 1. The average Bonchev–Trinajstić information content (AvgIpc) is 1.77. The fourth-order valence-corrected chi connectivity index (χ4v) is 0.450. The Balaban J connectivity index is 0.000000640. The van der Waals surface area contributed by atoms with E-state index in [1.165, 1.54) is 24.3 Å². The van der Waals surface area contributed by atoms with E-state index in [0.29, 0.717) is 5.69 Å². The van der Waals surface area contributed by atoms with Crippen LogP contribution in [0.4, 0.5) is 10.1 Å². The predicted molar refractivity (Wildman–Crippen MR) is 30.4 cm³/mol. The molecule has 1 aromatic rings. The van der Waals surface area contributed by atoms with Crippen molar-refractivity contribution in [1.29, 1.82) is 0 Å². The molecular formula is C6H5FLiN. The summed E-state index contributed by atoms with van der Waals surface area (Å²) in [5, 5.41) is 0. The molecule has 0 aliphatic heterocycles. The predicted octanol–water partition coefficient (Wildman–Crippen LogP) is -0.487. The molecule has 0 fully saturated rings. The van der Waals surface area contributed by atoms with Gasteiger partial charge in [0.05, 0.1) is 0 Å². The van der Waals surface area contributed by atoms with Gasteiger partial charge in [-0.2, -0.15) is 0 Å². The molecule has 1 aromatic carbocycles. The normalized spacial score (nSPS) is 8.11. The van der Waals surface area contributed by atoms with Gasteiger partial charge in [-0.1, -0.05) is 12.1 Å². The molecule has 0 saturated heterocycles. The van der Waals surface area contributed by atoms with E-state index >= 15 is 0 Å². The van der Waals surface area contributed by atoms with Crippen LogP contribution in [0.15, 0.2) is 24.3 Å². The van der Waals surface area contributed by atoms with E-state index in [2.05, 4.69) is 0 Å². The Kier molecular flexibility index (Phi) is 3.37. The summed E-state index contributed by atoms with van der Waals surface area (Å²) in [6, 6.07) is 5.36. The van der Waals surface area contributed by atoms with Crippen molar-refractivity contribution >= 4 is 5.69 Å². The Morgan fingerprint density at radius 1 is 1.11 bits per heavy atom. The van der Waals surface area contributed by atoms with Crippen LogP contribution in [-0.4, -0.2) is 0 Å². The second-order valence-corrected chi connectivity index (χ2v) is 1.51. The van der Waals surface area contributed by atoms with Gasteiger partial charge in [-0.05, 0) is 12.1 Å². The number of hydrogen-bond acceptors (Lipinski definition) is 0. The van der Waals surface area contributed by atoms with Crippen LogP contribution in [0, 0.1) is 5.82 Å². The fraction of sp³-hybridized carbons (Fsp3) is 0. The Hall–Kier alpha value is -0.453. The van der Waals surface area contributed by atoms with Gasteiger partial charge in [0, 0.05) is 0 Å². The molecule has 3 heteroatoms. The third-order valence-electron chi connectivity index (χ3n) is 0.844. The molecule has 0 amide bonds. The summed E-state index contributed by atoms with van der Waals surface area (Å²) in [6.45, 7) is 0. The van der Waals surface area contributed by atoms with Crippen LogP contribution in [0.25, 0.3) is 5.73 Å². The summed E-state index contributed by atoms with van der Waals surface area (Å²) in [4.78, 5) is 0. The van der Waals surface area contributed by atoms with Crippen LogP contribution in [0.5, 0.6) is 0 Å². The first kappa shape index (κ1) is 8.55. The average molecular weight is 117 g/mol. The first-order valence-corrected chi connectivity index (χ1v) is 2.26. The third kappa shape index (κ3) is 2.55. The number of rotatable bonds is 0. The Bertz CT molecular complexity index is 152. The molecular weight excluding hydrogens is 112 g/mol. The van der Waals surface area contributed by atoms with E-state index in [0.717, 1.165) is 0 Å². The van der Waals surface area contributed by atoms with Gasteiger partial charge in [0.1, 0.15) is 5.82 Å². The Labute approximate surface area is 65.2 Å². The monoisotopic (exact) mass is 117 g/mol. The molecule has 0 unspecified atom stereocenters. The molecule has 0 aliphatic rings. The quantitative estimate of drug-likeness (QED) is 0.409. The van der Waals surface area contributed by atoms with Crippen molar-refractivity contribution in [2.24, 2.45) is 0 Å². The minimum absolute atomic E-state index is 0. The van der Waals surface area contributed by atoms with E-state index in [-0.39, 0.29) is 24.7 Å². The van der Waals surface area contributed by atoms with Crippen LogP contribution in [0.1, 0.15) is 0 Å². The Morgan fingerprint density at radius 3 is 1.89 bits per heavy atom. The standard InChI is InChI=1S/C6H5FN.Li/c7-5-1-3-6(8)4-2-5;/h1-4,8H;/q-1;+1. The van der Waals surface area contributed by atoms with Gasteiger partial charge in [-0.25, -0.2) is 4.39 Å². The summed E-state index contributed by atoms with van der Waals surface area (Å²) in [7, 11) is 0. The molecule has 0 aromatic heterocycles. The van der Waals surface area contributed by atoms with Crippen LogP contribution < -0.4 is 18.9 Å².